The van der Waals surface area contributed by atoms with Crippen LogP contribution in [0.25, 0.3) is 31.1 Å². The Morgan fingerprint density at radius 3 is 2.71 bits per heavy atom. The molecule has 2 heterocycles. The van der Waals surface area contributed by atoms with E-state index in [-0.39, 0.29) is 11.2 Å². The standard InChI is InChI=1S/C19H15FN2OS/c1-2-10-21-19-18-15(11-6-3-4-9-14(11)22-19)16(23)12-7-5-8-13(20)17(12)24-18/h3-9H,2,10H2,1H3,(H,21,22). The van der Waals surface area contributed by atoms with Crippen LogP contribution in [0.5, 0.6) is 0 Å². The number of pyridine rings is 1. The molecule has 0 bridgehead atoms. The van der Waals surface area contributed by atoms with Gasteiger partial charge in [0.1, 0.15) is 11.6 Å². The van der Waals surface area contributed by atoms with E-state index in [1.54, 1.807) is 12.1 Å². The molecule has 0 saturated heterocycles. The van der Waals surface area contributed by atoms with Gasteiger partial charge in [0.25, 0.3) is 0 Å². The van der Waals surface area contributed by atoms with Crippen LogP contribution in [0.3, 0.4) is 0 Å². The minimum Gasteiger partial charge on any atom is -0.369 e. The third kappa shape index (κ3) is 2.24. The molecular weight excluding hydrogens is 323 g/mol. The second-order valence-corrected chi connectivity index (χ2v) is 6.68. The first kappa shape index (κ1) is 15.0. The highest BCUT2D eigenvalue weighted by atomic mass is 32.1. The van der Waals surface area contributed by atoms with Gasteiger partial charge in [0.15, 0.2) is 5.43 Å². The topological polar surface area (TPSA) is 42.0 Å². The number of hydrogen-bond acceptors (Lipinski definition) is 4. The molecule has 4 rings (SSSR count). The smallest absolute Gasteiger partial charge is 0.196 e. The van der Waals surface area contributed by atoms with Crippen molar-refractivity contribution in [2.75, 3.05) is 11.9 Å². The summed E-state index contributed by atoms with van der Waals surface area (Å²) in [4.78, 5) is 17.7. The lowest BCUT2D eigenvalue weighted by atomic mass is 10.1. The Morgan fingerprint density at radius 2 is 1.88 bits per heavy atom. The summed E-state index contributed by atoms with van der Waals surface area (Å²) in [6, 6.07) is 12.2. The second-order valence-electron chi connectivity index (χ2n) is 5.66. The van der Waals surface area contributed by atoms with Crippen molar-refractivity contribution in [3.05, 3.63) is 58.5 Å². The monoisotopic (exact) mass is 338 g/mol. The van der Waals surface area contributed by atoms with Crippen LogP contribution in [-0.4, -0.2) is 11.5 Å². The van der Waals surface area contributed by atoms with E-state index in [0.29, 0.717) is 26.0 Å². The predicted octanol–water partition coefficient (Wildman–Crippen LogP) is 4.92. The Bertz CT molecular complexity index is 1140. The number of hydrogen-bond donors (Lipinski definition) is 1. The fraction of sp³-hybridized carbons (Fsp3) is 0.158. The number of rotatable bonds is 3. The van der Waals surface area contributed by atoms with E-state index in [4.69, 9.17) is 0 Å². The Balaban J connectivity index is 2.24. The van der Waals surface area contributed by atoms with Crippen molar-refractivity contribution >= 4 is 48.2 Å². The van der Waals surface area contributed by atoms with Crippen molar-refractivity contribution in [2.24, 2.45) is 0 Å². The summed E-state index contributed by atoms with van der Waals surface area (Å²) in [7, 11) is 0. The van der Waals surface area contributed by atoms with Crippen LogP contribution in [0, 0.1) is 5.82 Å². The molecule has 2 aromatic carbocycles. The fourth-order valence-electron chi connectivity index (χ4n) is 2.91. The molecule has 120 valence electrons. The van der Waals surface area contributed by atoms with Crippen molar-refractivity contribution in [2.45, 2.75) is 13.3 Å². The average molecular weight is 338 g/mol. The zero-order valence-electron chi connectivity index (χ0n) is 13.1. The van der Waals surface area contributed by atoms with Crippen molar-refractivity contribution in [3.63, 3.8) is 0 Å². The maximum Gasteiger partial charge on any atom is 0.196 e. The number of aromatic nitrogens is 1. The summed E-state index contributed by atoms with van der Waals surface area (Å²) in [5, 5.41) is 5.12. The van der Waals surface area contributed by atoms with Crippen LogP contribution >= 0.6 is 11.3 Å². The van der Waals surface area contributed by atoms with Crippen LogP contribution in [0.4, 0.5) is 10.2 Å². The highest BCUT2D eigenvalue weighted by Crippen LogP contribution is 2.34. The van der Waals surface area contributed by atoms with Crippen LogP contribution in [0.15, 0.2) is 47.3 Å². The van der Waals surface area contributed by atoms with E-state index in [9.17, 15) is 9.18 Å². The zero-order valence-corrected chi connectivity index (χ0v) is 13.9. The van der Waals surface area contributed by atoms with Gasteiger partial charge >= 0.3 is 0 Å². The van der Waals surface area contributed by atoms with Crippen molar-refractivity contribution in [1.29, 1.82) is 0 Å². The maximum absolute atomic E-state index is 14.2. The van der Waals surface area contributed by atoms with Gasteiger partial charge in [-0.2, -0.15) is 0 Å². The molecule has 0 atom stereocenters. The van der Waals surface area contributed by atoms with Gasteiger partial charge in [-0.05, 0) is 24.6 Å². The lowest BCUT2D eigenvalue weighted by molar-refractivity contribution is 0.641. The molecule has 0 radical (unpaired) electrons. The van der Waals surface area contributed by atoms with Gasteiger partial charge in [-0.3, -0.25) is 4.79 Å². The van der Waals surface area contributed by atoms with E-state index in [1.165, 1.54) is 17.4 Å². The van der Waals surface area contributed by atoms with E-state index in [0.717, 1.165) is 23.9 Å². The number of benzene rings is 2. The van der Waals surface area contributed by atoms with Crippen molar-refractivity contribution in [1.82, 2.24) is 4.98 Å². The van der Waals surface area contributed by atoms with Crippen molar-refractivity contribution in [3.8, 4) is 0 Å². The Kier molecular flexibility index (Phi) is 3.65. The van der Waals surface area contributed by atoms with Crippen LogP contribution in [-0.2, 0) is 0 Å². The van der Waals surface area contributed by atoms with E-state index in [2.05, 4.69) is 17.2 Å². The summed E-state index contributed by atoms with van der Waals surface area (Å²) in [5.74, 6) is 0.281. The number of nitrogens with one attached hydrogen (secondary N) is 1. The molecule has 24 heavy (non-hydrogen) atoms. The quantitative estimate of drug-likeness (QED) is 0.426. The SMILES string of the molecule is CCCNc1nc2ccccc2c2c(=O)c3cccc(F)c3sc12. The molecule has 0 aliphatic carbocycles. The third-order valence-electron chi connectivity index (χ3n) is 4.03. The highest BCUT2D eigenvalue weighted by Gasteiger charge is 2.16. The van der Waals surface area contributed by atoms with Gasteiger partial charge < -0.3 is 5.32 Å². The molecule has 0 spiro atoms. The molecule has 0 unspecified atom stereocenters. The van der Waals surface area contributed by atoms with Gasteiger partial charge in [-0.25, -0.2) is 9.37 Å². The van der Waals surface area contributed by atoms with Crippen LogP contribution < -0.4 is 10.7 Å². The third-order valence-corrected chi connectivity index (χ3v) is 5.25. The normalized spacial score (nSPS) is 11.4. The molecule has 4 aromatic rings. The number of anilines is 1. The van der Waals surface area contributed by atoms with Gasteiger partial charge in [0.05, 0.1) is 20.3 Å². The highest BCUT2D eigenvalue weighted by molar-refractivity contribution is 7.25. The van der Waals surface area contributed by atoms with E-state index in [1.807, 2.05) is 24.3 Å². The summed E-state index contributed by atoms with van der Waals surface area (Å²) >= 11 is 1.28. The zero-order chi connectivity index (χ0) is 16.7. The van der Waals surface area contributed by atoms with Gasteiger partial charge in [-0.1, -0.05) is 31.2 Å². The van der Waals surface area contributed by atoms with Crippen LogP contribution in [0.2, 0.25) is 0 Å². The first-order valence-electron chi connectivity index (χ1n) is 7.88. The molecule has 0 aliphatic rings. The lowest BCUT2D eigenvalue weighted by Crippen LogP contribution is -2.07. The van der Waals surface area contributed by atoms with Crippen LogP contribution in [0.1, 0.15) is 13.3 Å². The number of halogens is 1. The molecule has 0 aliphatic heterocycles. The molecule has 1 N–H and O–H groups in total. The average Bonchev–Trinajstić information content (AvgIpc) is 2.60. The molecule has 5 heteroatoms. The lowest BCUT2D eigenvalue weighted by Gasteiger charge is -2.11. The molecule has 0 fully saturated rings. The Labute approximate surface area is 141 Å². The van der Waals surface area contributed by atoms with E-state index < -0.39 is 0 Å². The maximum atomic E-state index is 14.2. The summed E-state index contributed by atoms with van der Waals surface area (Å²) in [5.41, 5.74) is 0.625. The molecule has 3 nitrogen and oxygen atoms in total. The second kappa shape index (κ2) is 5.83. The molecule has 2 aromatic heterocycles. The first-order valence-corrected chi connectivity index (χ1v) is 8.70. The van der Waals surface area contributed by atoms with Gasteiger partial charge in [0, 0.05) is 17.3 Å². The van der Waals surface area contributed by atoms with Crippen molar-refractivity contribution < 1.29 is 4.39 Å². The largest absolute Gasteiger partial charge is 0.369 e. The molecule has 0 amide bonds. The Morgan fingerprint density at radius 1 is 1.08 bits per heavy atom. The van der Waals surface area contributed by atoms with Gasteiger partial charge in [0.2, 0.25) is 0 Å². The summed E-state index contributed by atoms with van der Waals surface area (Å²) in [6.07, 6.45) is 0.937. The predicted molar refractivity (Wildman–Crippen MR) is 99.6 cm³/mol. The minimum absolute atomic E-state index is 0.142. The Hall–Kier alpha value is -2.53. The van der Waals surface area contributed by atoms with E-state index >= 15 is 0 Å². The number of para-hydroxylation sites is 1. The molecular formula is C19H15FN2OS. The minimum atomic E-state index is -0.369. The first-order chi connectivity index (χ1) is 11.7. The molecule has 0 saturated carbocycles. The number of nitrogens with zero attached hydrogens (tertiary/aromatic N) is 1. The summed E-state index contributed by atoms with van der Waals surface area (Å²) < 4.78 is 15.3. The fourth-order valence-corrected chi connectivity index (χ4v) is 4.07. The summed E-state index contributed by atoms with van der Waals surface area (Å²) in [6.45, 7) is 2.81. The van der Waals surface area contributed by atoms with Gasteiger partial charge in [-0.15, -0.1) is 11.3 Å². The number of fused-ring (bicyclic) bond motifs is 4.